The third-order valence-corrected chi connectivity index (χ3v) is 2.73. The molecule has 1 N–H and O–H groups in total. The largest absolute Gasteiger partial charge is 0.490 e. The van der Waals surface area contributed by atoms with E-state index in [4.69, 9.17) is 9.84 Å². The zero-order valence-electron chi connectivity index (χ0n) is 11.7. The van der Waals surface area contributed by atoms with Gasteiger partial charge in [0.25, 0.3) is 5.91 Å². The molecule has 114 valence electrons. The number of hydrogen-bond acceptors (Lipinski definition) is 5. The number of aliphatic carboxylic acids is 1. The molecule has 8 heteroatoms. The number of nitrogens with zero attached hydrogens (tertiary/aromatic N) is 2. The number of carbonyl (C=O) groups is 2. The quantitative estimate of drug-likeness (QED) is 0.603. The molecule has 0 unspecified atom stereocenters. The summed E-state index contributed by atoms with van der Waals surface area (Å²) < 4.78 is 4.85. The second kappa shape index (κ2) is 7.22. The predicted molar refractivity (Wildman–Crippen MR) is 73.5 cm³/mol. The summed E-state index contributed by atoms with van der Waals surface area (Å²) in [6, 6.07) is 3.78. The van der Waals surface area contributed by atoms with E-state index < -0.39 is 23.3 Å². The van der Waals surface area contributed by atoms with Gasteiger partial charge in [0.05, 0.1) is 12.0 Å². The maximum Gasteiger partial charge on any atom is 0.323 e. The van der Waals surface area contributed by atoms with Gasteiger partial charge >= 0.3 is 11.7 Å². The number of carboxylic acid groups (broad SMARTS) is 1. The molecule has 0 aliphatic carbocycles. The Balaban J connectivity index is 3.12. The fourth-order valence-corrected chi connectivity index (χ4v) is 1.83. The summed E-state index contributed by atoms with van der Waals surface area (Å²) in [5, 5.41) is 19.7. The number of methoxy groups -OCH3 is 1. The first-order valence-electron chi connectivity index (χ1n) is 6.24. The van der Waals surface area contributed by atoms with Crippen LogP contribution in [0.2, 0.25) is 0 Å². The Morgan fingerprint density at radius 1 is 1.43 bits per heavy atom. The van der Waals surface area contributed by atoms with E-state index in [-0.39, 0.29) is 23.5 Å². The summed E-state index contributed by atoms with van der Waals surface area (Å²) in [5.41, 5.74) is -0.285. The van der Waals surface area contributed by atoms with Crippen LogP contribution in [0.5, 0.6) is 5.75 Å². The second-order valence-electron chi connectivity index (χ2n) is 4.26. The molecule has 0 spiro atoms. The molecule has 1 amide bonds. The second-order valence-corrected chi connectivity index (χ2v) is 4.26. The Labute approximate surface area is 121 Å². The molecule has 0 aliphatic heterocycles. The highest BCUT2D eigenvalue weighted by Crippen LogP contribution is 2.28. The average molecular weight is 296 g/mol. The lowest BCUT2D eigenvalue weighted by Crippen LogP contribution is -2.36. The smallest absolute Gasteiger partial charge is 0.323 e. The molecule has 0 bridgehead atoms. The lowest BCUT2D eigenvalue weighted by Gasteiger charge is -2.20. The molecule has 0 fully saturated rings. The normalized spacial score (nSPS) is 10.0. The zero-order valence-corrected chi connectivity index (χ0v) is 11.7. The number of amides is 1. The molecule has 21 heavy (non-hydrogen) atoms. The standard InChI is InChI=1S/C13H16N2O6/c1-3-6-14(8-12(16)17)13(18)9-4-5-11(21-2)10(7-9)15(19)20/h4-5,7H,3,6,8H2,1-2H3,(H,16,17). The van der Waals surface area contributed by atoms with Crippen LogP contribution in [0.3, 0.4) is 0 Å². The van der Waals surface area contributed by atoms with Gasteiger partial charge in [0, 0.05) is 18.2 Å². The van der Waals surface area contributed by atoms with Crippen LogP contribution in [-0.2, 0) is 4.79 Å². The van der Waals surface area contributed by atoms with Crippen molar-refractivity contribution in [2.75, 3.05) is 20.2 Å². The number of nitro groups is 1. The van der Waals surface area contributed by atoms with Crippen LogP contribution in [0.4, 0.5) is 5.69 Å². The number of ether oxygens (including phenoxy) is 1. The maximum absolute atomic E-state index is 12.2. The van der Waals surface area contributed by atoms with E-state index in [0.717, 1.165) is 11.0 Å². The van der Waals surface area contributed by atoms with Gasteiger partial charge in [-0.2, -0.15) is 0 Å². The minimum absolute atomic E-state index is 0.0387. The van der Waals surface area contributed by atoms with Crippen LogP contribution in [-0.4, -0.2) is 47.0 Å². The van der Waals surface area contributed by atoms with Crippen LogP contribution in [0.1, 0.15) is 23.7 Å². The predicted octanol–water partition coefficient (Wildman–Crippen LogP) is 1.54. The molecule has 1 aromatic rings. The van der Waals surface area contributed by atoms with Gasteiger partial charge in [-0.1, -0.05) is 6.92 Å². The number of hydrogen-bond donors (Lipinski definition) is 1. The van der Waals surface area contributed by atoms with Gasteiger partial charge in [-0.25, -0.2) is 0 Å². The van der Waals surface area contributed by atoms with Crippen molar-refractivity contribution in [3.05, 3.63) is 33.9 Å². The topological polar surface area (TPSA) is 110 Å². The minimum atomic E-state index is -1.14. The van der Waals surface area contributed by atoms with E-state index in [1.165, 1.54) is 19.2 Å². The van der Waals surface area contributed by atoms with E-state index >= 15 is 0 Å². The molecule has 0 heterocycles. The minimum Gasteiger partial charge on any atom is -0.490 e. The Bertz CT molecular complexity index is 558. The zero-order chi connectivity index (χ0) is 16.0. The van der Waals surface area contributed by atoms with Gasteiger partial charge in [-0.05, 0) is 18.6 Å². The molecule has 0 saturated heterocycles. The third kappa shape index (κ3) is 4.16. The van der Waals surface area contributed by atoms with E-state index in [1.807, 2.05) is 0 Å². The van der Waals surface area contributed by atoms with Crippen molar-refractivity contribution in [1.29, 1.82) is 0 Å². The van der Waals surface area contributed by atoms with Crippen molar-refractivity contribution in [2.24, 2.45) is 0 Å². The molecule has 1 aromatic carbocycles. The number of nitro benzene ring substituents is 1. The summed E-state index contributed by atoms with van der Waals surface area (Å²) in [5.74, 6) is -1.67. The molecule has 0 atom stereocenters. The van der Waals surface area contributed by atoms with Crippen molar-refractivity contribution in [1.82, 2.24) is 4.90 Å². The summed E-state index contributed by atoms with van der Waals surface area (Å²) in [6.07, 6.45) is 0.581. The van der Waals surface area contributed by atoms with E-state index in [1.54, 1.807) is 6.92 Å². The first-order valence-corrected chi connectivity index (χ1v) is 6.24. The number of carboxylic acids is 1. The van der Waals surface area contributed by atoms with Gasteiger partial charge in [-0.3, -0.25) is 19.7 Å². The molecule has 0 aromatic heterocycles. The van der Waals surface area contributed by atoms with Crippen molar-refractivity contribution < 1.29 is 24.4 Å². The maximum atomic E-state index is 12.2. The molecule has 8 nitrogen and oxygen atoms in total. The highest BCUT2D eigenvalue weighted by molar-refractivity contribution is 5.96. The van der Waals surface area contributed by atoms with Gasteiger partial charge in [0.15, 0.2) is 5.75 Å². The van der Waals surface area contributed by atoms with E-state index in [9.17, 15) is 19.7 Å². The summed E-state index contributed by atoms with van der Waals surface area (Å²) in [4.78, 5) is 34.4. The molecule has 0 radical (unpaired) electrons. The van der Waals surface area contributed by atoms with Gasteiger partial charge < -0.3 is 14.7 Å². The van der Waals surface area contributed by atoms with Crippen molar-refractivity contribution in [2.45, 2.75) is 13.3 Å². The lowest BCUT2D eigenvalue weighted by molar-refractivity contribution is -0.385. The summed E-state index contributed by atoms with van der Waals surface area (Å²) in [6.45, 7) is 1.61. The highest BCUT2D eigenvalue weighted by atomic mass is 16.6. The van der Waals surface area contributed by atoms with Gasteiger partial charge in [-0.15, -0.1) is 0 Å². The molecule has 1 rings (SSSR count). The Morgan fingerprint density at radius 3 is 2.57 bits per heavy atom. The van der Waals surface area contributed by atoms with Crippen LogP contribution in [0.15, 0.2) is 18.2 Å². The molecular weight excluding hydrogens is 280 g/mol. The summed E-state index contributed by atoms with van der Waals surface area (Å²) >= 11 is 0. The number of benzene rings is 1. The Morgan fingerprint density at radius 2 is 2.10 bits per heavy atom. The monoisotopic (exact) mass is 296 g/mol. The van der Waals surface area contributed by atoms with Crippen molar-refractivity contribution >= 4 is 17.6 Å². The lowest BCUT2D eigenvalue weighted by atomic mass is 10.1. The van der Waals surface area contributed by atoms with Crippen molar-refractivity contribution in [3.63, 3.8) is 0 Å². The first kappa shape index (κ1) is 16.4. The third-order valence-electron chi connectivity index (χ3n) is 2.73. The molecule has 0 aliphatic rings. The highest BCUT2D eigenvalue weighted by Gasteiger charge is 2.22. The van der Waals surface area contributed by atoms with Crippen LogP contribution in [0.25, 0.3) is 0 Å². The average Bonchev–Trinajstić information content (AvgIpc) is 2.44. The number of rotatable bonds is 7. The molecular formula is C13H16N2O6. The van der Waals surface area contributed by atoms with E-state index in [0.29, 0.717) is 6.42 Å². The van der Waals surface area contributed by atoms with Gasteiger partial charge in [0.1, 0.15) is 6.54 Å². The fraction of sp³-hybridized carbons (Fsp3) is 0.385. The van der Waals surface area contributed by atoms with E-state index in [2.05, 4.69) is 0 Å². The van der Waals surface area contributed by atoms with Gasteiger partial charge in [0.2, 0.25) is 0 Å². The van der Waals surface area contributed by atoms with Crippen LogP contribution in [0, 0.1) is 10.1 Å². The van der Waals surface area contributed by atoms with Crippen LogP contribution >= 0.6 is 0 Å². The van der Waals surface area contributed by atoms with Crippen LogP contribution < -0.4 is 4.74 Å². The first-order chi connectivity index (χ1) is 9.90. The Kier molecular flexibility index (Phi) is 5.65. The SMILES string of the molecule is CCCN(CC(=O)O)C(=O)c1ccc(OC)c([N+](=O)[O-])c1. The summed E-state index contributed by atoms with van der Waals surface area (Å²) in [7, 11) is 1.29. The van der Waals surface area contributed by atoms with Crippen molar-refractivity contribution in [3.8, 4) is 5.75 Å². The number of carbonyl (C=O) groups excluding carboxylic acids is 1. The molecule has 0 saturated carbocycles. The fourth-order valence-electron chi connectivity index (χ4n) is 1.83. The Hall–Kier alpha value is -2.64.